The molecule has 0 fully saturated rings. The number of aromatic nitrogens is 3. The second-order valence-corrected chi connectivity index (χ2v) is 10.4. The average Bonchev–Trinajstić information content (AvgIpc) is 3.01. The number of rotatable bonds is 4. The van der Waals surface area contributed by atoms with Crippen LogP contribution in [0.5, 0.6) is 0 Å². The van der Waals surface area contributed by atoms with Crippen molar-refractivity contribution >= 4 is 17.7 Å². The van der Waals surface area contributed by atoms with Gasteiger partial charge in [-0.1, -0.05) is 59.4 Å². The zero-order chi connectivity index (χ0) is 20.7. The number of aliphatic carboxylic acids is 1. The number of hydrogen-bond acceptors (Lipinski definition) is 5. The molecule has 7 heteroatoms. The van der Waals surface area contributed by atoms with Gasteiger partial charge in [0.1, 0.15) is 0 Å². The summed E-state index contributed by atoms with van der Waals surface area (Å²) in [7, 11) is 0. The Kier molecular flexibility index (Phi) is 5.60. The highest BCUT2D eigenvalue weighted by atomic mass is 32.2. The van der Waals surface area contributed by atoms with E-state index in [-0.39, 0.29) is 17.3 Å². The number of hydrogen-bond donors (Lipinski definition) is 1. The van der Waals surface area contributed by atoms with Crippen LogP contribution in [0.15, 0.2) is 23.4 Å². The fraction of sp³-hybridized carbons (Fsp3) is 0.571. The fourth-order valence-corrected chi connectivity index (χ4v) is 4.05. The van der Waals surface area contributed by atoms with Crippen LogP contribution in [-0.4, -0.2) is 43.2 Å². The van der Waals surface area contributed by atoms with Gasteiger partial charge in [0.05, 0.1) is 19.0 Å². The molecule has 0 saturated carbocycles. The lowest BCUT2D eigenvalue weighted by Gasteiger charge is -2.28. The minimum atomic E-state index is -0.771. The van der Waals surface area contributed by atoms with E-state index in [0.29, 0.717) is 13.2 Å². The number of nitrogens with zero attached hydrogens (tertiary/aromatic N) is 4. The van der Waals surface area contributed by atoms with Gasteiger partial charge in [0, 0.05) is 12.1 Å². The number of carboxylic acid groups (broad SMARTS) is 1. The molecule has 3 rings (SSSR count). The third-order valence-electron chi connectivity index (χ3n) is 5.00. The first kappa shape index (κ1) is 20.9. The SMILES string of the molecule is CC(C)(C)c1cc(-c2nnc3n2CN(CCC(=O)O)CS3)cc(C(C)(C)C)c1. The fourth-order valence-electron chi connectivity index (χ4n) is 3.14. The molecule has 0 aliphatic carbocycles. The summed E-state index contributed by atoms with van der Waals surface area (Å²) >= 11 is 1.61. The van der Waals surface area contributed by atoms with Crippen molar-refractivity contribution in [3.8, 4) is 11.4 Å². The van der Waals surface area contributed by atoms with Crippen molar-refractivity contribution in [3.63, 3.8) is 0 Å². The maximum Gasteiger partial charge on any atom is 0.304 e. The van der Waals surface area contributed by atoms with Gasteiger partial charge in [0.15, 0.2) is 11.0 Å². The van der Waals surface area contributed by atoms with Crippen LogP contribution in [0.1, 0.15) is 59.1 Å². The molecular formula is C21H30N4O2S. The molecule has 0 bridgehead atoms. The Morgan fingerprint density at radius 3 is 2.21 bits per heavy atom. The van der Waals surface area contributed by atoms with E-state index >= 15 is 0 Å². The third-order valence-corrected chi connectivity index (χ3v) is 6.05. The van der Waals surface area contributed by atoms with Crippen LogP contribution in [0.3, 0.4) is 0 Å². The Bertz CT molecular complexity index is 845. The molecule has 0 unspecified atom stereocenters. The summed E-state index contributed by atoms with van der Waals surface area (Å²) in [5.41, 5.74) is 3.68. The van der Waals surface area contributed by atoms with Gasteiger partial charge in [-0.25, -0.2) is 0 Å². The normalized spacial score (nSPS) is 15.5. The van der Waals surface area contributed by atoms with Crippen molar-refractivity contribution in [2.45, 2.75) is 70.6 Å². The summed E-state index contributed by atoms with van der Waals surface area (Å²) in [6.07, 6.45) is 0.140. The topological polar surface area (TPSA) is 71.2 Å². The average molecular weight is 403 g/mol. The first-order valence-electron chi connectivity index (χ1n) is 9.62. The number of fused-ring (bicyclic) bond motifs is 1. The molecule has 0 saturated heterocycles. The maximum atomic E-state index is 10.9. The van der Waals surface area contributed by atoms with Crippen molar-refractivity contribution in [1.82, 2.24) is 19.7 Å². The largest absolute Gasteiger partial charge is 0.481 e. The number of carbonyl (C=O) groups is 1. The van der Waals surface area contributed by atoms with Gasteiger partial charge in [-0.05, 0) is 34.1 Å². The van der Waals surface area contributed by atoms with Crippen molar-refractivity contribution in [2.24, 2.45) is 0 Å². The van der Waals surface area contributed by atoms with Crippen molar-refractivity contribution in [1.29, 1.82) is 0 Å². The third kappa shape index (κ3) is 4.58. The number of benzene rings is 1. The highest BCUT2D eigenvalue weighted by Gasteiger charge is 2.26. The quantitative estimate of drug-likeness (QED) is 0.820. The van der Waals surface area contributed by atoms with Crippen LogP contribution < -0.4 is 0 Å². The molecule has 152 valence electrons. The molecule has 0 radical (unpaired) electrons. The second kappa shape index (κ2) is 7.52. The molecule has 2 aromatic rings. The summed E-state index contributed by atoms with van der Waals surface area (Å²) in [6.45, 7) is 14.5. The zero-order valence-electron chi connectivity index (χ0n) is 17.6. The van der Waals surface area contributed by atoms with Crippen molar-refractivity contribution in [2.75, 3.05) is 12.4 Å². The van der Waals surface area contributed by atoms with Crippen molar-refractivity contribution < 1.29 is 9.90 Å². The minimum Gasteiger partial charge on any atom is -0.481 e. The highest BCUT2D eigenvalue weighted by molar-refractivity contribution is 7.99. The Labute approximate surface area is 171 Å². The molecule has 0 spiro atoms. The van der Waals surface area contributed by atoms with E-state index in [9.17, 15) is 4.79 Å². The minimum absolute atomic E-state index is 0.0308. The molecule has 28 heavy (non-hydrogen) atoms. The maximum absolute atomic E-state index is 10.9. The Morgan fingerprint density at radius 2 is 1.68 bits per heavy atom. The summed E-state index contributed by atoms with van der Waals surface area (Å²) in [5.74, 6) is 0.812. The van der Waals surface area contributed by atoms with E-state index in [1.807, 2.05) is 0 Å². The highest BCUT2D eigenvalue weighted by Crippen LogP contribution is 2.35. The predicted octanol–water partition coefficient (Wildman–Crippen LogP) is 4.34. The lowest BCUT2D eigenvalue weighted by atomic mass is 9.79. The second-order valence-electron chi connectivity index (χ2n) is 9.49. The van der Waals surface area contributed by atoms with Crippen LogP contribution in [-0.2, 0) is 22.3 Å². The number of thioether (sulfide) groups is 1. The molecular weight excluding hydrogens is 372 g/mol. The summed E-state index contributed by atoms with van der Waals surface area (Å²) in [5, 5.41) is 18.7. The van der Waals surface area contributed by atoms with Crippen LogP contribution in [0.2, 0.25) is 0 Å². The van der Waals surface area contributed by atoms with Crippen LogP contribution in [0.25, 0.3) is 11.4 Å². The van der Waals surface area contributed by atoms with Gasteiger partial charge in [-0.2, -0.15) is 0 Å². The van der Waals surface area contributed by atoms with Crippen LogP contribution in [0, 0.1) is 0 Å². The van der Waals surface area contributed by atoms with Gasteiger partial charge >= 0.3 is 5.97 Å². The molecule has 0 amide bonds. The van der Waals surface area contributed by atoms with Gasteiger partial charge in [0.2, 0.25) is 0 Å². The van der Waals surface area contributed by atoms with Crippen LogP contribution >= 0.6 is 11.8 Å². The van der Waals surface area contributed by atoms with E-state index < -0.39 is 5.97 Å². The Balaban J connectivity index is 2.01. The molecule has 1 aromatic heterocycles. The van der Waals surface area contributed by atoms with E-state index in [0.717, 1.165) is 22.4 Å². The van der Waals surface area contributed by atoms with Gasteiger partial charge in [-0.15, -0.1) is 10.2 Å². The molecule has 6 nitrogen and oxygen atoms in total. The molecule has 1 N–H and O–H groups in total. The van der Waals surface area contributed by atoms with E-state index in [1.165, 1.54) is 11.1 Å². The lowest BCUT2D eigenvalue weighted by molar-refractivity contribution is -0.137. The summed E-state index contributed by atoms with van der Waals surface area (Å²) < 4.78 is 2.10. The zero-order valence-corrected chi connectivity index (χ0v) is 18.4. The Morgan fingerprint density at radius 1 is 1.07 bits per heavy atom. The molecule has 2 heterocycles. The Hall–Kier alpha value is -1.86. The predicted molar refractivity (Wildman–Crippen MR) is 113 cm³/mol. The van der Waals surface area contributed by atoms with Gasteiger partial charge < -0.3 is 5.11 Å². The first-order valence-corrected chi connectivity index (χ1v) is 10.6. The number of carboxylic acids is 1. The summed E-state index contributed by atoms with van der Waals surface area (Å²) in [6, 6.07) is 6.73. The van der Waals surface area contributed by atoms with E-state index in [1.54, 1.807) is 11.8 Å². The van der Waals surface area contributed by atoms with Crippen LogP contribution in [0.4, 0.5) is 0 Å². The smallest absolute Gasteiger partial charge is 0.304 e. The molecule has 1 aliphatic rings. The summed E-state index contributed by atoms with van der Waals surface area (Å²) in [4.78, 5) is 13.0. The first-order chi connectivity index (χ1) is 12.9. The molecule has 0 atom stereocenters. The molecule has 1 aromatic carbocycles. The van der Waals surface area contributed by atoms with E-state index in [2.05, 4.69) is 79.4 Å². The van der Waals surface area contributed by atoms with Gasteiger partial charge in [-0.3, -0.25) is 14.3 Å². The monoisotopic (exact) mass is 402 g/mol. The van der Waals surface area contributed by atoms with Gasteiger partial charge in [0.25, 0.3) is 0 Å². The molecule has 1 aliphatic heterocycles. The van der Waals surface area contributed by atoms with E-state index in [4.69, 9.17) is 5.11 Å². The van der Waals surface area contributed by atoms with Crippen molar-refractivity contribution in [3.05, 3.63) is 29.3 Å². The standard InChI is InChI=1S/C21H30N4O2S/c1-20(2,3)15-9-14(10-16(11-15)21(4,5)6)18-22-23-19-25(18)12-24(13-28-19)8-7-17(26)27/h9-11H,7-8,12-13H2,1-6H3,(H,26,27). The lowest BCUT2D eigenvalue weighted by Crippen LogP contribution is -2.32.